The van der Waals surface area contributed by atoms with Gasteiger partial charge in [-0.25, -0.2) is 4.98 Å². The second-order valence-corrected chi connectivity index (χ2v) is 7.69. The molecule has 1 aliphatic heterocycles. The molecule has 2 amide bonds. The van der Waals surface area contributed by atoms with E-state index in [-0.39, 0.29) is 24.9 Å². The lowest BCUT2D eigenvalue weighted by atomic mass is 10.2. The molecule has 0 spiro atoms. The molecule has 1 aromatic heterocycles. The number of nitrogens with one attached hydrogen (secondary N) is 2. The molecule has 0 bridgehead atoms. The van der Waals surface area contributed by atoms with Crippen molar-refractivity contribution in [2.24, 2.45) is 0 Å². The first kappa shape index (κ1) is 21.2. The first-order valence-electron chi connectivity index (χ1n) is 9.32. The normalized spacial score (nSPS) is 14.0. The molecule has 8 nitrogen and oxygen atoms in total. The van der Waals surface area contributed by atoms with Gasteiger partial charge in [0.15, 0.2) is 0 Å². The summed E-state index contributed by atoms with van der Waals surface area (Å²) in [6.45, 7) is 3.39. The molecule has 0 saturated carbocycles. The van der Waals surface area contributed by atoms with Gasteiger partial charge in [-0.3, -0.25) is 14.5 Å². The Kier molecular flexibility index (Phi) is 7.56. The number of benzene rings is 1. The highest BCUT2D eigenvalue weighted by Gasteiger charge is 2.13. The van der Waals surface area contributed by atoms with Crippen LogP contribution in [0.4, 0.5) is 17.2 Å². The minimum absolute atomic E-state index is 0.0845. The molecule has 2 aromatic rings. The number of amides is 2. The van der Waals surface area contributed by atoms with E-state index in [4.69, 9.17) is 4.74 Å². The zero-order valence-electron chi connectivity index (χ0n) is 16.2. The number of pyridine rings is 1. The average molecular weight is 462 g/mol. The highest BCUT2D eigenvalue weighted by Crippen LogP contribution is 2.19. The van der Waals surface area contributed by atoms with Crippen molar-refractivity contribution in [1.82, 2.24) is 9.88 Å². The standard InChI is InChI=1S/C20H24BrN5O3/c1-25(14-20(28)24-18-7-2-15(21)12-22-18)13-19(27)23-16-3-5-17(6-4-16)26-8-10-29-11-9-26/h2-7,12H,8-11,13-14H2,1H3,(H,23,27)(H,22,24,28). The fourth-order valence-corrected chi connectivity index (χ4v) is 3.19. The maximum Gasteiger partial charge on any atom is 0.239 e. The van der Waals surface area contributed by atoms with Gasteiger partial charge in [-0.05, 0) is 59.4 Å². The predicted octanol–water partition coefficient (Wildman–Crippen LogP) is 2.19. The average Bonchev–Trinajstić information content (AvgIpc) is 2.70. The van der Waals surface area contributed by atoms with E-state index in [0.717, 1.165) is 42.2 Å². The van der Waals surface area contributed by atoms with Crippen molar-refractivity contribution in [3.8, 4) is 0 Å². The first-order valence-corrected chi connectivity index (χ1v) is 10.1. The minimum atomic E-state index is -0.231. The summed E-state index contributed by atoms with van der Waals surface area (Å²) in [7, 11) is 1.72. The van der Waals surface area contributed by atoms with E-state index in [9.17, 15) is 9.59 Å². The third-order valence-electron chi connectivity index (χ3n) is 4.35. The molecule has 0 unspecified atom stereocenters. The van der Waals surface area contributed by atoms with E-state index in [0.29, 0.717) is 5.82 Å². The maximum absolute atomic E-state index is 12.3. The van der Waals surface area contributed by atoms with E-state index in [1.807, 2.05) is 24.3 Å². The molecule has 9 heteroatoms. The quantitative estimate of drug-likeness (QED) is 0.656. The van der Waals surface area contributed by atoms with Gasteiger partial charge >= 0.3 is 0 Å². The summed E-state index contributed by atoms with van der Waals surface area (Å²) in [4.78, 5) is 32.3. The van der Waals surface area contributed by atoms with Crippen LogP contribution < -0.4 is 15.5 Å². The predicted molar refractivity (Wildman–Crippen MR) is 116 cm³/mol. The summed E-state index contributed by atoms with van der Waals surface area (Å²) in [5.41, 5.74) is 1.84. The van der Waals surface area contributed by atoms with Crippen LogP contribution in [0, 0.1) is 0 Å². The molecule has 1 saturated heterocycles. The topological polar surface area (TPSA) is 86.8 Å². The fraction of sp³-hybridized carbons (Fsp3) is 0.350. The third kappa shape index (κ3) is 6.81. The molecule has 0 aliphatic carbocycles. The molecule has 0 radical (unpaired) electrons. The smallest absolute Gasteiger partial charge is 0.239 e. The van der Waals surface area contributed by atoms with E-state index < -0.39 is 0 Å². The molecule has 1 aliphatic rings. The van der Waals surface area contributed by atoms with Crippen molar-refractivity contribution in [3.05, 3.63) is 47.1 Å². The van der Waals surface area contributed by atoms with Gasteiger partial charge in [0.1, 0.15) is 5.82 Å². The molecule has 29 heavy (non-hydrogen) atoms. The van der Waals surface area contributed by atoms with Crippen molar-refractivity contribution < 1.29 is 14.3 Å². The summed E-state index contributed by atoms with van der Waals surface area (Å²) >= 11 is 3.30. The molecular formula is C20H24BrN5O3. The van der Waals surface area contributed by atoms with Crippen LogP contribution in [0.2, 0.25) is 0 Å². The van der Waals surface area contributed by atoms with Crippen LogP contribution in [0.5, 0.6) is 0 Å². The third-order valence-corrected chi connectivity index (χ3v) is 4.82. The van der Waals surface area contributed by atoms with Gasteiger partial charge in [-0.15, -0.1) is 0 Å². The van der Waals surface area contributed by atoms with Crippen molar-refractivity contribution in [3.63, 3.8) is 0 Å². The first-order chi connectivity index (χ1) is 14.0. The Morgan fingerprint density at radius 3 is 2.34 bits per heavy atom. The van der Waals surface area contributed by atoms with Crippen LogP contribution >= 0.6 is 15.9 Å². The van der Waals surface area contributed by atoms with Crippen molar-refractivity contribution in [2.75, 3.05) is 62.0 Å². The van der Waals surface area contributed by atoms with Gasteiger partial charge in [0, 0.05) is 35.1 Å². The number of carbonyl (C=O) groups excluding carboxylic acids is 2. The van der Waals surface area contributed by atoms with Crippen LogP contribution in [-0.2, 0) is 14.3 Å². The number of hydrogen-bond donors (Lipinski definition) is 2. The lowest BCUT2D eigenvalue weighted by Crippen LogP contribution is -2.36. The number of carbonyl (C=O) groups is 2. The van der Waals surface area contributed by atoms with Gasteiger partial charge in [0.2, 0.25) is 11.8 Å². The Morgan fingerprint density at radius 1 is 1.07 bits per heavy atom. The summed E-state index contributed by atoms with van der Waals surface area (Å²) in [5, 5.41) is 5.56. The number of morpholine rings is 1. The number of nitrogens with zero attached hydrogens (tertiary/aromatic N) is 3. The zero-order valence-corrected chi connectivity index (χ0v) is 17.8. The minimum Gasteiger partial charge on any atom is -0.378 e. The Hall–Kier alpha value is -2.49. The molecule has 1 aromatic carbocycles. The molecule has 1 fully saturated rings. The summed E-state index contributed by atoms with van der Waals surface area (Å²) in [6.07, 6.45) is 1.61. The van der Waals surface area contributed by atoms with Gasteiger partial charge in [0.25, 0.3) is 0 Å². The second kappa shape index (κ2) is 10.3. The van der Waals surface area contributed by atoms with Crippen LogP contribution in [0.3, 0.4) is 0 Å². The zero-order chi connectivity index (χ0) is 20.6. The second-order valence-electron chi connectivity index (χ2n) is 6.78. The number of likely N-dealkylation sites (N-methyl/N-ethyl adjacent to an activating group) is 1. The van der Waals surface area contributed by atoms with Gasteiger partial charge in [-0.1, -0.05) is 0 Å². The Morgan fingerprint density at radius 2 is 1.72 bits per heavy atom. The van der Waals surface area contributed by atoms with Crippen LogP contribution in [-0.4, -0.2) is 68.1 Å². The van der Waals surface area contributed by atoms with E-state index in [1.165, 1.54) is 0 Å². The van der Waals surface area contributed by atoms with Crippen LogP contribution in [0.25, 0.3) is 0 Å². The molecule has 2 heterocycles. The molecular weight excluding hydrogens is 438 g/mol. The molecule has 2 N–H and O–H groups in total. The van der Waals surface area contributed by atoms with Gasteiger partial charge < -0.3 is 20.3 Å². The summed E-state index contributed by atoms with van der Waals surface area (Å²) in [5.74, 6) is 0.0579. The molecule has 3 rings (SSSR count). The molecule has 0 atom stereocenters. The fourth-order valence-electron chi connectivity index (χ4n) is 2.96. The van der Waals surface area contributed by atoms with Crippen molar-refractivity contribution in [1.29, 1.82) is 0 Å². The number of anilines is 3. The number of rotatable bonds is 7. The van der Waals surface area contributed by atoms with Crippen molar-refractivity contribution in [2.45, 2.75) is 0 Å². The lowest BCUT2D eigenvalue weighted by molar-refractivity contribution is -0.119. The highest BCUT2D eigenvalue weighted by atomic mass is 79.9. The number of aromatic nitrogens is 1. The monoisotopic (exact) mass is 461 g/mol. The Labute approximate surface area is 178 Å². The van der Waals surface area contributed by atoms with E-state index >= 15 is 0 Å². The SMILES string of the molecule is CN(CC(=O)Nc1ccc(N2CCOCC2)cc1)CC(=O)Nc1ccc(Br)cn1. The highest BCUT2D eigenvalue weighted by molar-refractivity contribution is 9.10. The van der Waals surface area contributed by atoms with E-state index in [2.05, 4.69) is 36.4 Å². The largest absolute Gasteiger partial charge is 0.378 e. The lowest BCUT2D eigenvalue weighted by Gasteiger charge is -2.28. The summed E-state index contributed by atoms with van der Waals surface area (Å²) < 4.78 is 6.20. The number of ether oxygens (including phenoxy) is 1. The van der Waals surface area contributed by atoms with Gasteiger partial charge in [0.05, 0.1) is 26.3 Å². The summed E-state index contributed by atoms with van der Waals surface area (Å²) in [6, 6.07) is 11.2. The van der Waals surface area contributed by atoms with Crippen LogP contribution in [0.15, 0.2) is 47.1 Å². The Bertz CT molecular complexity index is 823. The molecule has 154 valence electrons. The van der Waals surface area contributed by atoms with Crippen LogP contribution in [0.1, 0.15) is 0 Å². The van der Waals surface area contributed by atoms with Gasteiger partial charge in [-0.2, -0.15) is 0 Å². The van der Waals surface area contributed by atoms with Crippen molar-refractivity contribution >= 4 is 44.9 Å². The maximum atomic E-state index is 12.3. The number of halogens is 1. The van der Waals surface area contributed by atoms with E-state index in [1.54, 1.807) is 30.3 Å². The Balaban J connectivity index is 1.43. The number of hydrogen-bond acceptors (Lipinski definition) is 6.